The van der Waals surface area contributed by atoms with Gasteiger partial charge in [0.05, 0.1) is 0 Å². The van der Waals surface area contributed by atoms with Gasteiger partial charge >= 0.3 is 5.97 Å². The summed E-state index contributed by atoms with van der Waals surface area (Å²) in [5, 5.41) is 9.46. The lowest BCUT2D eigenvalue weighted by atomic mass is 10.1. The number of likely N-dealkylation sites (N-methyl/N-ethyl adjacent to an activating group) is 1. The lowest BCUT2D eigenvalue weighted by molar-refractivity contribution is -0.131. The number of benzene rings is 1. The summed E-state index contributed by atoms with van der Waals surface area (Å²) in [4.78, 5) is 15.1. The Morgan fingerprint density at radius 2 is 2.00 bits per heavy atom. The minimum Gasteiger partial charge on any atom is -0.478 e. The number of hydrogen-bond acceptors (Lipinski definition) is 3. The Labute approximate surface area is 131 Å². The Morgan fingerprint density at radius 3 is 2.57 bits per heavy atom. The van der Waals surface area contributed by atoms with E-state index in [-0.39, 0.29) is 0 Å². The highest BCUT2D eigenvalue weighted by Crippen LogP contribution is 2.26. The lowest BCUT2D eigenvalue weighted by Gasteiger charge is -2.27. The van der Waals surface area contributed by atoms with Crippen molar-refractivity contribution in [2.45, 2.75) is 13.3 Å². The molecule has 0 fully saturated rings. The molecule has 21 heavy (non-hydrogen) atoms. The van der Waals surface area contributed by atoms with Crippen molar-refractivity contribution in [2.24, 2.45) is 0 Å². The summed E-state index contributed by atoms with van der Waals surface area (Å²) >= 11 is 6.11. The number of carboxylic acids is 1. The van der Waals surface area contributed by atoms with Gasteiger partial charge in [0.2, 0.25) is 0 Å². The number of carboxylic acid groups (broad SMARTS) is 1. The molecule has 0 aliphatic rings. The van der Waals surface area contributed by atoms with Crippen molar-refractivity contribution in [3.63, 3.8) is 0 Å². The maximum absolute atomic E-state index is 10.7. The first kappa shape index (κ1) is 17.5. The average molecular weight is 311 g/mol. The van der Waals surface area contributed by atoms with Crippen LogP contribution in [0.4, 0.5) is 5.69 Å². The van der Waals surface area contributed by atoms with E-state index < -0.39 is 5.97 Å². The van der Waals surface area contributed by atoms with E-state index in [0.717, 1.165) is 43.4 Å². The Hall–Kier alpha value is -1.52. The predicted molar refractivity (Wildman–Crippen MR) is 89.2 cm³/mol. The topological polar surface area (TPSA) is 43.8 Å². The van der Waals surface area contributed by atoms with Gasteiger partial charge in [-0.2, -0.15) is 0 Å². The van der Waals surface area contributed by atoms with Crippen LogP contribution in [0.5, 0.6) is 0 Å². The molecule has 0 heterocycles. The molecule has 0 amide bonds. The van der Waals surface area contributed by atoms with Crippen LogP contribution in [0.3, 0.4) is 0 Å². The number of nitrogens with zero attached hydrogens (tertiary/aromatic N) is 2. The van der Waals surface area contributed by atoms with Gasteiger partial charge in [-0.05, 0) is 44.3 Å². The number of anilines is 1. The third-order valence-electron chi connectivity index (χ3n) is 3.05. The van der Waals surface area contributed by atoms with E-state index in [9.17, 15) is 4.79 Å². The summed E-state index contributed by atoms with van der Waals surface area (Å²) in [5.74, 6) is -0.953. The van der Waals surface area contributed by atoms with Crippen molar-refractivity contribution in [3.05, 3.63) is 34.9 Å². The van der Waals surface area contributed by atoms with Gasteiger partial charge in [0.1, 0.15) is 0 Å². The van der Waals surface area contributed by atoms with Crippen LogP contribution < -0.4 is 4.90 Å². The molecule has 5 heteroatoms. The van der Waals surface area contributed by atoms with Crippen LogP contribution in [0, 0.1) is 0 Å². The van der Waals surface area contributed by atoms with Gasteiger partial charge in [-0.25, -0.2) is 4.79 Å². The number of aliphatic carboxylic acids is 1. The van der Waals surface area contributed by atoms with Crippen molar-refractivity contribution in [3.8, 4) is 0 Å². The molecule has 0 atom stereocenters. The third kappa shape index (κ3) is 6.19. The highest BCUT2D eigenvalue weighted by Gasteiger charge is 2.11. The number of rotatable bonds is 8. The second-order valence-corrected chi connectivity index (χ2v) is 5.60. The zero-order valence-electron chi connectivity index (χ0n) is 12.8. The molecule has 0 unspecified atom stereocenters. The summed E-state index contributed by atoms with van der Waals surface area (Å²) in [6, 6.07) is 5.53. The molecule has 0 aromatic heterocycles. The van der Waals surface area contributed by atoms with Crippen molar-refractivity contribution >= 4 is 29.3 Å². The van der Waals surface area contributed by atoms with Gasteiger partial charge in [0.25, 0.3) is 0 Å². The van der Waals surface area contributed by atoms with Crippen LogP contribution in [-0.4, -0.2) is 49.7 Å². The fourth-order valence-electron chi connectivity index (χ4n) is 2.04. The Morgan fingerprint density at radius 1 is 1.29 bits per heavy atom. The van der Waals surface area contributed by atoms with E-state index in [4.69, 9.17) is 16.7 Å². The first-order valence-electron chi connectivity index (χ1n) is 7.04. The monoisotopic (exact) mass is 310 g/mol. The number of halogens is 1. The van der Waals surface area contributed by atoms with Crippen LogP contribution in [0.2, 0.25) is 5.02 Å². The third-order valence-corrected chi connectivity index (χ3v) is 3.28. The minimum atomic E-state index is -0.953. The highest BCUT2D eigenvalue weighted by atomic mass is 35.5. The largest absolute Gasteiger partial charge is 0.478 e. The number of carbonyl (C=O) groups is 1. The van der Waals surface area contributed by atoms with E-state index in [1.807, 2.05) is 26.2 Å². The van der Waals surface area contributed by atoms with E-state index >= 15 is 0 Å². The van der Waals surface area contributed by atoms with Crippen molar-refractivity contribution in [1.82, 2.24) is 4.90 Å². The molecule has 0 aliphatic carbocycles. The molecule has 1 rings (SSSR count). The van der Waals surface area contributed by atoms with Gasteiger partial charge in [-0.3, -0.25) is 0 Å². The summed E-state index contributed by atoms with van der Waals surface area (Å²) < 4.78 is 0. The second kappa shape index (κ2) is 8.70. The Kier molecular flexibility index (Phi) is 7.26. The van der Waals surface area contributed by atoms with Crippen LogP contribution in [0.25, 0.3) is 6.08 Å². The molecular formula is C16H23ClN2O2. The van der Waals surface area contributed by atoms with Gasteiger partial charge in [0.15, 0.2) is 0 Å². The fourth-order valence-corrected chi connectivity index (χ4v) is 2.20. The molecule has 0 aliphatic heterocycles. The molecule has 1 aromatic carbocycles. The van der Waals surface area contributed by atoms with Crippen LogP contribution in [0.1, 0.15) is 18.9 Å². The standard InChI is InChI=1S/C16H23ClN2O2/c1-4-9-19(11-10-18(2)3)15-12-14(17)7-5-13(15)6-8-16(20)21/h5-8,12H,4,9-11H2,1-3H3,(H,20,21)/b8-6+. The molecule has 116 valence electrons. The summed E-state index contributed by atoms with van der Waals surface area (Å²) in [5.41, 5.74) is 1.85. The molecule has 0 spiro atoms. The van der Waals surface area contributed by atoms with Crippen LogP contribution >= 0.6 is 11.6 Å². The zero-order valence-corrected chi connectivity index (χ0v) is 13.6. The Balaban J connectivity index is 3.08. The predicted octanol–water partition coefficient (Wildman–Crippen LogP) is 3.22. The summed E-state index contributed by atoms with van der Waals surface area (Å²) in [6.07, 6.45) is 3.79. The molecule has 0 saturated carbocycles. The number of hydrogen-bond donors (Lipinski definition) is 1. The summed E-state index contributed by atoms with van der Waals surface area (Å²) in [6.45, 7) is 4.83. The molecule has 0 bridgehead atoms. The molecule has 1 N–H and O–H groups in total. The second-order valence-electron chi connectivity index (χ2n) is 5.17. The van der Waals surface area contributed by atoms with Crippen molar-refractivity contribution < 1.29 is 9.90 Å². The first-order chi connectivity index (χ1) is 9.93. The van der Waals surface area contributed by atoms with Crippen LogP contribution in [0.15, 0.2) is 24.3 Å². The first-order valence-corrected chi connectivity index (χ1v) is 7.42. The summed E-state index contributed by atoms with van der Waals surface area (Å²) in [7, 11) is 4.07. The fraction of sp³-hybridized carbons (Fsp3) is 0.438. The highest BCUT2D eigenvalue weighted by molar-refractivity contribution is 6.31. The maximum Gasteiger partial charge on any atom is 0.328 e. The van der Waals surface area contributed by atoms with E-state index in [1.165, 1.54) is 0 Å². The minimum absolute atomic E-state index is 0.656. The van der Waals surface area contributed by atoms with Gasteiger partial charge < -0.3 is 14.9 Å². The zero-order chi connectivity index (χ0) is 15.8. The normalized spacial score (nSPS) is 11.3. The van der Waals surface area contributed by atoms with Crippen molar-refractivity contribution in [1.29, 1.82) is 0 Å². The molecule has 0 radical (unpaired) electrons. The molecular weight excluding hydrogens is 288 g/mol. The van der Waals surface area contributed by atoms with E-state index in [2.05, 4.69) is 16.7 Å². The van der Waals surface area contributed by atoms with Crippen molar-refractivity contribution in [2.75, 3.05) is 38.6 Å². The van der Waals surface area contributed by atoms with Gasteiger partial charge in [-0.15, -0.1) is 0 Å². The Bertz CT molecular complexity index is 501. The van der Waals surface area contributed by atoms with Crippen LogP contribution in [-0.2, 0) is 4.79 Å². The SMILES string of the molecule is CCCN(CCN(C)C)c1cc(Cl)ccc1/C=C/C(=O)O. The van der Waals surface area contributed by atoms with E-state index in [1.54, 1.807) is 12.1 Å². The molecule has 4 nitrogen and oxygen atoms in total. The average Bonchev–Trinajstić information content (AvgIpc) is 2.41. The molecule has 1 aromatic rings. The van der Waals surface area contributed by atoms with E-state index in [0.29, 0.717) is 5.02 Å². The lowest BCUT2D eigenvalue weighted by Crippen LogP contribution is -2.32. The maximum atomic E-state index is 10.7. The molecule has 0 saturated heterocycles. The van der Waals surface area contributed by atoms with Gasteiger partial charge in [0, 0.05) is 36.4 Å². The smallest absolute Gasteiger partial charge is 0.328 e. The quantitative estimate of drug-likeness (QED) is 0.749. The van der Waals surface area contributed by atoms with Gasteiger partial charge in [-0.1, -0.05) is 24.6 Å².